The standard InChI is InChI=1S/C17H23NO5/c1-21-13-9-7-12(8-10-13)15(16(19)22-2)14-6-4-5-11-18(14)17(20)23-3/h7-10,14-15H,4-6,11H2,1-3H3/t14-,15-/m1/s1. The van der Waals surface area contributed by atoms with Gasteiger partial charge in [-0.15, -0.1) is 0 Å². The molecule has 126 valence electrons. The Morgan fingerprint density at radius 3 is 2.35 bits per heavy atom. The number of carbonyl (C=O) groups is 2. The molecule has 1 aliphatic heterocycles. The summed E-state index contributed by atoms with van der Waals surface area (Å²) >= 11 is 0. The lowest BCUT2D eigenvalue weighted by Gasteiger charge is -2.38. The molecule has 0 bridgehead atoms. The number of likely N-dealkylation sites (tertiary alicyclic amines) is 1. The first-order valence-corrected chi connectivity index (χ1v) is 7.68. The maximum absolute atomic E-state index is 12.4. The molecule has 1 aromatic carbocycles. The summed E-state index contributed by atoms with van der Waals surface area (Å²) in [5.41, 5.74) is 0.804. The Labute approximate surface area is 136 Å². The first-order valence-electron chi connectivity index (χ1n) is 7.68. The topological polar surface area (TPSA) is 65.1 Å². The van der Waals surface area contributed by atoms with E-state index in [9.17, 15) is 9.59 Å². The molecule has 0 aliphatic carbocycles. The molecular weight excluding hydrogens is 298 g/mol. The van der Waals surface area contributed by atoms with Gasteiger partial charge in [0.15, 0.2) is 0 Å². The lowest BCUT2D eigenvalue weighted by molar-refractivity contribution is -0.144. The lowest BCUT2D eigenvalue weighted by atomic mass is 9.85. The number of carbonyl (C=O) groups excluding carboxylic acids is 2. The van der Waals surface area contributed by atoms with Crippen molar-refractivity contribution in [2.24, 2.45) is 0 Å². The van der Waals surface area contributed by atoms with Gasteiger partial charge in [0.2, 0.25) is 0 Å². The highest BCUT2D eigenvalue weighted by Crippen LogP contribution is 2.32. The predicted molar refractivity (Wildman–Crippen MR) is 84.5 cm³/mol. The molecule has 23 heavy (non-hydrogen) atoms. The monoisotopic (exact) mass is 321 g/mol. The molecule has 0 saturated carbocycles. The quantitative estimate of drug-likeness (QED) is 0.798. The van der Waals surface area contributed by atoms with Crippen LogP contribution in [0.2, 0.25) is 0 Å². The fraction of sp³-hybridized carbons (Fsp3) is 0.529. The van der Waals surface area contributed by atoms with Gasteiger partial charge in [-0.3, -0.25) is 4.79 Å². The second-order valence-corrected chi connectivity index (χ2v) is 5.50. The molecule has 0 spiro atoms. The van der Waals surface area contributed by atoms with Crippen LogP contribution in [-0.2, 0) is 14.3 Å². The molecule has 1 aromatic rings. The minimum absolute atomic E-state index is 0.267. The Bertz CT molecular complexity index is 542. The van der Waals surface area contributed by atoms with E-state index in [1.54, 1.807) is 24.1 Å². The van der Waals surface area contributed by atoms with Gasteiger partial charge < -0.3 is 19.1 Å². The number of ether oxygens (including phenoxy) is 3. The first kappa shape index (κ1) is 17.1. The molecule has 0 unspecified atom stereocenters. The van der Waals surface area contributed by atoms with Crippen molar-refractivity contribution < 1.29 is 23.8 Å². The number of piperidine rings is 1. The van der Waals surface area contributed by atoms with E-state index < -0.39 is 12.0 Å². The molecule has 1 amide bonds. The Morgan fingerprint density at radius 2 is 1.78 bits per heavy atom. The van der Waals surface area contributed by atoms with E-state index in [-0.39, 0.29) is 12.0 Å². The third-order valence-electron chi connectivity index (χ3n) is 4.27. The van der Waals surface area contributed by atoms with Crippen molar-refractivity contribution in [2.45, 2.75) is 31.2 Å². The summed E-state index contributed by atoms with van der Waals surface area (Å²) in [5.74, 6) is -0.174. The largest absolute Gasteiger partial charge is 0.497 e. The van der Waals surface area contributed by atoms with Crippen LogP contribution in [0, 0.1) is 0 Å². The highest BCUT2D eigenvalue weighted by molar-refractivity contribution is 5.80. The molecule has 0 radical (unpaired) electrons. The van der Waals surface area contributed by atoms with Gasteiger partial charge in [0.1, 0.15) is 11.7 Å². The third kappa shape index (κ3) is 3.75. The smallest absolute Gasteiger partial charge is 0.409 e. The van der Waals surface area contributed by atoms with Crippen LogP contribution in [0.3, 0.4) is 0 Å². The molecule has 2 rings (SSSR count). The van der Waals surface area contributed by atoms with Crippen LogP contribution < -0.4 is 4.74 Å². The molecule has 6 heteroatoms. The van der Waals surface area contributed by atoms with Crippen molar-refractivity contribution in [1.82, 2.24) is 4.90 Å². The summed E-state index contributed by atoms with van der Waals surface area (Å²) in [6, 6.07) is 7.01. The van der Waals surface area contributed by atoms with Gasteiger partial charge in [0, 0.05) is 6.54 Å². The van der Waals surface area contributed by atoms with Crippen molar-refractivity contribution >= 4 is 12.1 Å². The third-order valence-corrected chi connectivity index (χ3v) is 4.27. The van der Waals surface area contributed by atoms with E-state index in [1.807, 2.05) is 12.1 Å². The van der Waals surface area contributed by atoms with Gasteiger partial charge in [-0.05, 0) is 37.0 Å². The SMILES string of the molecule is COC(=O)[C@H](c1ccc(OC)cc1)[C@H]1CCCCN1C(=O)OC. The molecule has 1 saturated heterocycles. The fourth-order valence-electron chi connectivity index (χ4n) is 3.10. The number of amides is 1. The van der Waals surface area contributed by atoms with Crippen molar-refractivity contribution in [3.8, 4) is 5.75 Å². The zero-order chi connectivity index (χ0) is 16.8. The normalized spacial score (nSPS) is 18.9. The molecule has 6 nitrogen and oxygen atoms in total. The Hall–Kier alpha value is -2.24. The average molecular weight is 321 g/mol. The number of nitrogens with zero attached hydrogens (tertiary/aromatic N) is 1. The maximum atomic E-state index is 12.4. The summed E-state index contributed by atoms with van der Waals surface area (Å²) in [5, 5.41) is 0. The van der Waals surface area contributed by atoms with Gasteiger partial charge in [-0.2, -0.15) is 0 Å². The number of benzene rings is 1. The molecule has 1 heterocycles. The minimum Gasteiger partial charge on any atom is -0.497 e. The average Bonchev–Trinajstić information content (AvgIpc) is 2.62. The molecular formula is C17H23NO5. The van der Waals surface area contributed by atoms with Crippen molar-refractivity contribution in [2.75, 3.05) is 27.9 Å². The van der Waals surface area contributed by atoms with Crippen molar-refractivity contribution in [3.05, 3.63) is 29.8 Å². The maximum Gasteiger partial charge on any atom is 0.409 e. The molecule has 0 N–H and O–H groups in total. The fourth-order valence-corrected chi connectivity index (χ4v) is 3.10. The highest BCUT2D eigenvalue weighted by Gasteiger charge is 2.39. The molecule has 2 atom stereocenters. The van der Waals surface area contributed by atoms with E-state index in [0.29, 0.717) is 12.3 Å². The number of hydrogen-bond acceptors (Lipinski definition) is 5. The van der Waals surface area contributed by atoms with Crippen molar-refractivity contribution in [1.29, 1.82) is 0 Å². The van der Waals surface area contributed by atoms with E-state index in [4.69, 9.17) is 14.2 Å². The van der Waals surface area contributed by atoms with Crippen LogP contribution in [0.15, 0.2) is 24.3 Å². The molecule has 1 aliphatic rings. The van der Waals surface area contributed by atoms with Gasteiger partial charge in [0.05, 0.1) is 27.4 Å². The van der Waals surface area contributed by atoms with Gasteiger partial charge in [-0.25, -0.2) is 4.79 Å². The second kappa shape index (κ2) is 7.85. The van der Waals surface area contributed by atoms with Crippen LogP contribution >= 0.6 is 0 Å². The predicted octanol–water partition coefficient (Wildman–Crippen LogP) is 2.57. The Morgan fingerprint density at radius 1 is 1.09 bits per heavy atom. The summed E-state index contributed by atoms with van der Waals surface area (Å²) in [7, 11) is 4.31. The van der Waals surface area contributed by atoms with E-state index >= 15 is 0 Å². The summed E-state index contributed by atoms with van der Waals surface area (Å²) in [4.78, 5) is 26.1. The first-order chi connectivity index (χ1) is 11.1. The van der Waals surface area contributed by atoms with Gasteiger partial charge in [0.25, 0.3) is 0 Å². The zero-order valence-electron chi connectivity index (χ0n) is 13.8. The lowest BCUT2D eigenvalue weighted by Crippen LogP contribution is -2.48. The van der Waals surface area contributed by atoms with Crippen LogP contribution in [-0.4, -0.2) is 50.9 Å². The molecule has 0 aromatic heterocycles. The number of rotatable bonds is 4. The Kier molecular flexibility index (Phi) is 5.84. The Balaban J connectivity index is 2.35. The number of methoxy groups -OCH3 is 3. The summed E-state index contributed by atoms with van der Waals surface area (Å²) < 4.78 is 15.0. The number of esters is 1. The van der Waals surface area contributed by atoms with E-state index in [0.717, 1.165) is 24.8 Å². The van der Waals surface area contributed by atoms with Crippen LogP contribution in [0.25, 0.3) is 0 Å². The van der Waals surface area contributed by atoms with Crippen LogP contribution in [0.4, 0.5) is 4.79 Å². The highest BCUT2D eigenvalue weighted by atomic mass is 16.5. The molecule has 1 fully saturated rings. The van der Waals surface area contributed by atoms with Crippen LogP contribution in [0.1, 0.15) is 30.7 Å². The van der Waals surface area contributed by atoms with Gasteiger partial charge >= 0.3 is 12.1 Å². The van der Waals surface area contributed by atoms with E-state index in [2.05, 4.69) is 0 Å². The summed E-state index contributed by atoms with van der Waals surface area (Å²) in [6.07, 6.45) is 2.20. The second-order valence-electron chi connectivity index (χ2n) is 5.50. The zero-order valence-corrected chi connectivity index (χ0v) is 13.8. The van der Waals surface area contributed by atoms with E-state index in [1.165, 1.54) is 14.2 Å². The minimum atomic E-state index is -0.537. The van der Waals surface area contributed by atoms with Crippen LogP contribution in [0.5, 0.6) is 5.75 Å². The van der Waals surface area contributed by atoms with Gasteiger partial charge in [-0.1, -0.05) is 12.1 Å². The summed E-state index contributed by atoms with van der Waals surface area (Å²) in [6.45, 7) is 0.584. The van der Waals surface area contributed by atoms with Crippen molar-refractivity contribution in [3.63, 3.8) is 0 Å². The number of hydrogen-bond donors (Lipinski definition) is 0.